The highest BCUT2D eigenvalue weighted by molar-refractivity contribution is 6.31. The summed E-state index contributed by atoms with van der Waals surface area (Å²) in [6.07, 6.45) is 2.32. The molecule has 0 aliphatic carbocycles. The van der Waals surface area contributed by atoms with Gasteiger partial charge in [-0.15, -0.1) is 0 Å². The van der Waals surface area contributed by atoms with Gasteiger partial charge in [-0.3, -0.25) is 19.4 Å². The van der Waals surface area contributed by atoms with Crippen LogP contribution in [0.1, 0.15) is 38.3 Å². The number of amides is 2. The molecule has 7 heteroatoms. The topological polar surface area (TPSA) is 78.7 Å². The van der Waals surface area contributed by atoms with E-state index in [4.69, 9.17) is 17.3 Å². The van der Waals surface area contributed by atoms with E-state index in [0.29, 0.717) is 19.0 Å². The van der Waals surface area contributed by atoms with Crippen LogP contribution >= 0.6 is 11.6 Å². The molecule has 1 unspecified atom stereocenters. The van der Waals surface area contributed by atoms with Crippen LogP contribution in [0.4, 0.5) is 0 Å². The Labute approximate surface area is 167 Å². The van der Waals surface area contributed by atoms with Gasteiger partial charge in [-0.1, -0.05) is 43.6 Å². The van der Waals surface area contributed by atoms with Crippen molar-refractivity contribution in [2.45, 2.75) is 32.7 Å². The van der Waals surface area contributed by atoms with Crippen molar-refractivity contribution in [1.29, 1.82) is 0 Å². The van der Waals surface area contributed by atoms with Crippen molar-refractivity contribution in [3.8, 4) is 0 Å². The molecule has 2 rings (SSSR count). The maximum atomic E-state index is 12.5. The Morgan fingerprint density at radius 1 is 1.22 bits per heavy atom. The molecule has 1 fully saturated rings. The lowest BCUT2D eigenvalue weighted by molar-refractivity contribution is -0.124. The monoisotopic (exact) mass is 394 g/mol. The average Bonchev–Trinajstić information content (AvgIpc) is 3.09. The molecule has 1 aliphatic rings. The van der Waals surface area contributed by atoms with Crippen molar-refractivity contribution in [2.24, 2.45) is 11.7 Å². The second kappa shape index (κ2) is 10.6. The Morgan fingerprint density at radius 2 is 1.89 bits per heavy atom. The molecule has 1 aromatic carbocycles. The van der Waals surface area contributed by atoms with Crippen molar-refractivity contribution >= 4 is 23.4 Å². The summed E-state index contributed by atoms with van der Waals surface area (Å²) in [4.78, 5) is 27.9. The van der Waals surface area contributed by atoms with E-state index in [0.717, 1.165) is 36.5 Å². The van der Waals surface area contributed by atoms with Gasteiger partial charge >= 0.3 is 0 Å². The molecule has 3 N–H and O–H groups in total. The molecule has 0 bridgehead atoms. The van der Waals surface area contributed by atoms with Crippen LogP contribution in [0, 0.1) is 5.92 Å². The fourth-order valence-electron chi connectivity index (χ4n) is 3.63. The minimum Gasteiger partial charge on any atom is -0.369 e. The van der Waals surface area contributed by atoms with Crippen LogP contribution in [0.25, 0.3) is 0 Å². The Kier molecular flexibility index (Phi) is 8.54. The van der Waals surface area contributed by atoms with Gasteiger partial charge < -0.3 is 11.1 Å². The number of hydrogen-bond acceptors (Lipinski definition) is 4. The maximum Gasteiger partial charge on any atom is 0.234 e. The third kappa shape index (κ3) is 7.13. The summed E-state index contributed by atoms with van der Waals surface area (Å²) in [6, 6.07) is 7.86. The summed E-state index contributed by atoms with van der Waals surface area (Å²) >= 11 is 6.41. The predicted molar refractivity (Wildman–Crippen MR) is 108 cm³/mol. The first-order chi connectivity index (χ1) is 12.9. The zero-order valence-corrected chi connectivity index (χ0v) is 17.0. The van der Waals surface area contributed by atoms with E-state index in [-0.39, 0.29) is 25.0 Å². The van der Waals surface area contributed by atoms with Gasteiger partial charge in [0.05, 0.1) is 19.1 Å². The molecule has 1 saturated heterocycles. The minimum atomic E-state index is -0.422. The van der Waals surface area contributed by atoms with Gasteiger partial charge in [-0.05, 0) is 43.5 Å². The lowest BCUT2D eigenvalue weighted by Gasteiger charge is -2.29. The lowest BCUT2D eigenvalue weighted by Crippen LogP contribution is -2.45. The van der Waals surface area contributed by atoms with Crippen molar-refractivity contribution in [2.75, 3.05) is 39.3 Å². The summed E-state index contributed by atoms with van der Waals surface area (Å²) in [6.45, 7) is 7.51. The van der Waals surface area contributed by atoms with Gasteiger partial charge in [-0.2, -0.15) is 0 Å². The standard InChI is InChI=1S/C20H31ClN4O2/c1-15(2)12-24(13-19(22)26)14-20(27)23-11-18(25-9-5-6-10-25)16-7-3-4-8-17(16)21/h3-4,7-8,15,18H,5-6,9-14H2,1-2H3,(H2,22,26)(H,23,27). The molecule has 0 aromatic heterocycles. The second-order valence-corrected chi connectivity index (χ2v) is 8.02. The number of primary amides is 1. The normalized spacial score (nSPS) is 16.0. The second-order valence-electron chi connectivity index (χ2n) is 7.61. The van der Waals surface area contributed by atoms with E-state index in [1.165, 1.54) is 0 Å². The minimum absolute atomic E-state index is 0.0554. The summed E-state index contributed by atoms with van der Waals surface area (Å²) < 4.78 is 0. The average molecular weight is 395 g/mol. The molecule has 0 radical (unpaired) electrons. The van der Waals surface area contributed by atoms with Crippen molar-refractivity contribution in [1.82, 2.24) is 15.1 Å². The van der Waals surface area contributed by atoms with Crippen molar-refractivity contribution in [3.63, 3.8) is 0 Å². The van der Waals surface area contributed by atoms with E-state index < -0.39 is 5.91 Å². The zero-order valence-electron chi connectivity index (χ0n) is 16.3. The SMILES string of the molecule is CC(C)CN(CC(N)=O)CC(=O)NCC(c1ccccc1Cl)N1CCCC1. The Morgan fingerprint density at radius 3 is 2.48 bits per heavy atom. The van der Waals surface area contributed by atoms with Crippen LogP contribution in [0.5, 0.6) is 0 Å². The van der Waals surface area contributed by atoms with Gasteiger partial charge in [-0.25, -0.2) is 0 Å². The highest BCUT2D eigenvalue weighted by atomic mass is 35.5. The number of nitrogens with two attached hydrogens (primary N) is 1. The number of nitrogens with zero attached hydrogens (tertiary/aromatic N) is 2. The first kappa shape index (κ1) is 21.7. The van der Waals surface area contributed by atoms with Crippen LogP contribution in [-0.4, -0.2) is 60.9 Å². The predicted octanol–water partition coefficient (Wildman–Crippen LogP) is 2.04. The molecule has 0 saturated carbocycles. The van der Waals surface area contributed by atoms with E-state index >= 15 is 0 Å². The third-order valence-corrected chi connectivity index (χ3v) is 5.05. The number of nitrogens with one attached hydrogen (secondary N) is 1. The first-order valence-corrected chi connectivity index (χ1v) is 10.0. The van der Waals surface area contributed by atoms with Crippen LogP contribution in [-0.2, 0) is 9.59 Å². The lowest BCUT2D eigenvalue weighted by atomic mass is 10.1. The van der Waals surface area contributed by atoms with Gasteiger partial charge in [0.25, 0.3) is 0 Å². The fraction of sp³-hybridized carbons (Fsp3) is 0.600. The number of benzene rings is 1. The fourth-order valence-corrected chi connectivity index (χ4v) is 3.89. The summed E-state index contributed by atoms with van der Waals surface area (Å²) in [5, 5.41) is 3.75. The van der Waals surface area contributed by atoms with E-state index in [2.05, 4.69) is 10.2 Å². The molecule has 1 aliphatic heterocycles. The van der Waals surface area contributed by atoms with E-state index in [9.17, 15) is 9.59 Å². The highest BCUT2D eigenvalue weighted by Gasteiger charge is 2.26. The van der Waals surface area contributed by atoms with Gasteiger partial charge in [0.1, 0.15) is 0 Å². The van der Waals surface area contributed by atoms with Gasteiger partial charge in [0, 0.05) is 18.1 Å². The number of carbonyl (C=O) groups is 2. The van der Waals surface area contributed by atoms with E-state index in [1.54, 1.807) is 4.90 Å². The quantitative estimate of drug-likeness (QED) is 0.636. The molecular weight excluding hydrogens is 364 g/mol. The molecule has 1 heterocycles. The van der Waals surface area contributed by atoms with Crippen LogP contribution in [0.2, 0.25) is 5.02 Å². The molecule has 0 spiro atoms. The number of carbonyl (C=O) groups excluding carboxylic acids is 2. The molecule has 2 amide bonds. The number of rotatable bonds is 10. The highest BCUT2D eigenvalue weighted by Crippen LogP contribution is 2.29. The van der Waals surface area contributed by atoms with Gasteiger partial charge in [0.15, 0.2) is 0 Å². The summed E-state index contributed by atoms with van der Waals surface area (Å²) in [7, 11) is 0. The van der Waals surface area contributed by atoms with Crippen LogP contribution in [0.3, 0.4) is 0 Å². The van der Waals surface area contributed by atoms with Crippen LogP contribution in [0.15, 0.2) is 24.3 Å². The van der Waals surface area contributed by atoms with Gasteiger partial charge in [0.2, 0.25) is 11.8 Å². The van der Waals surface area contributed by atoms with Crippen LogP contribution < -0.4 is 11.1 Å². The number of hydrogen-bond donors (Lipinski definition) is 2. The maximum absolute atomic E-state index is 12.5. The molecule has 1 aromatic rings. The number of likely N-dealkylation sites (tertiary alicyclic amines) is 1. The molecule has 6 nitrogen and oxygen atoms in total. The third-order valence-electron chi connectivity index (χ3n) is 4.71. The summed E-state index contributed by atoms with van der Waals surface area (Å²) in [5.41, 5.74) is 6.35. The largest absolute Gasteiger partial charge is 0.369 e. The Bertz CT molecular complexity index is 632. The Hall–Kier alpha value is -1.63. The molecule has 150 valence electrons. The summed E-state index contributed by atoms with van der Waals surface area (Å²) in [5.74, 6) is -0.180. The van der Waals surface area contributed by atoms with Crippen molar-refractivity contribution < 1.29 is 9.59 Å². The first-order valence-electron chi connectivity index (χ1n) is 9.62. The van der Waals surface area contributed by atoms with E-state index in [1.807, 2.05) is 38.1 Å². The molecular formula is C20H31ClN4O2. The number of halogens is 1. The molecule has 27 heavy (non-hydrogen) atoms. The Balaban J connectivity index is 1.99. The smallest absolute Gasteiger partial charge is 0.234 e. The van der Waals surface area contributed by atoms with Crippen molar-refractivity contribution in [3.05, 3.63) is 34.9 Å². The zero-order chi connectivity index (χ0) is 19.8. The molecule has 1 atom stereocenters.